The smallest absolute Gasteiger partial charge is 0.323 e. The molecular formula is C12H13BrClNO4S. The molecule has 0 spiro atoms. The van der Waals surface area contributed by atoms with Gasteiger partial charge in [0.25, 0.3) is 0 Å². The van der Waals surface area contributed by atoms with Crippen molar-refractivity contribution in [2.24, 2.45) is 0 Å². The summed E-state index contributed by atoms with van der Waals surface area (Å²) in [7, 11) is -2.12. The van der Waals surface area contributed by atoms with Gasteiger partial charge < -0.3 is 4.74 Å². The van der Waals surface area contributed by atoms with Gasteiger partial charge in [-0.05, 0) is 17.7 Å². The molecule has 0 aliphatic carbocycles. The van der Waals surface area contributed by atoms with E-state index >= 15 is 0 Å². The molecule has 0 amide bonds. The number of carbonyl (C=O) groups is 1. The largest absolute Gasteiger partial charge is 0.468 e. The van der Waals surface area contributed by atoms with E-state index in [2.05, 4.69) is 26.0 Å². The molecule has 2 rings (SSSR count). The molecule has 2 unspecified atom stereocenters. The van der Waals surface area contributed by atoms with E-state index in [0.29, 0.717) is 10.6 Å². The summed E-state index contributed by atoms with van der Waals surface area (Å²) in [6.45, 7) is 0. The SMILES string of the molecule is COC(=O)C1CS(=O)(=O)CC(c2ccc(Br)cc2Cl)N1. The number of ether oxygens (including phenoxy) is 1. The maximum atomic E-state index is 11.9. The summed E-state index contributed by atoms with van der Waals surface area (Å²) in [6.07, 6.45) is 0. The maximum Gasteiger partial charge on any atom is 0.323 e. The van der Waals surface area contributed by atoms with Gasteiger partial charge in [0.05, 0.1) is 18.6 Å². The van der Waals surface area contributed by atoms with E-state index in [0.717, 1.165) is 4.47 Å². The van der Waals surface area contributed by atoms with Crippen molar-refractivity contribution in [3.8, 4) is 0 Å². The highest BCUT2D eigenvalue weighted by Gasteiger charge is 2.37. The lowest BCUT2D eigenvalue weighted by Gasteiger charge is -2.30. The van der Waals surface area contributed by atoms with Gasteiger partial charge in [-0.1, -0.05) is 33.6 Å². The zero-order chi connectivity index (χ0) is 14.9. The summed E-state index contributed by atoms with van der Waals surface area (Å²) < 4.78 is 29.3. The minimum Gasteiger partial charge on any atom is -0.468 e. The Morgan fingerprint density at radius 2 is 2.15 bits per heavy atom. The van der Waals surface area contributed by atoms with Crippen LogP contribution < -0.4 is 5.32 Å². The second-order valence-electron chi connectivity index (χ2n) is 4.54. The van der Waals surface area contributed by atoms with Gasteiger partial charge in [0, 0.05) is 15.5 Å². The molecule has 1 aliphatic rings. The summed E-state index contributed by atoms with van der Waals surface area (Å²) in [5, 5.41) is 3.43. The van der Waals surface area contributed by atoms with Gasteiger partial charge in [0.15, 0.2) is 9.84 Å². The monoisotopic (exact) mass is 381 g/mol. The summed E-state index contributed by atoms with van der Waals surface area (Å²) in [5.41, 5.74) is 0.645. The number of hydrogen-bond donors (Lipinski definition) is 1. The lowest BCUT2D eigenvalue weighted by atomic mass is 10.1. The van der Waals surface area contributed by atoms with Crippen LogP contribution in [0.2, 0.25) is 5.02 Å². The van der Waals surface area contributed by atoms with Crippen LogP contribution in [0.15, 0.2) is 22.7 Å². The average Bonchev–Trinajstić information content (AvgIpc) is 2.35. The first kappa shape index (κ1) is 15.8. The van der Waals surface area contributed by atoms with Crippen LogP contribution in [0.4, 0.5) is 0 Å². The van der Waals surface area contributed by atoms with E-state index < -0.39 is 27.9 Å². The van der Waals surface area contributed by atoms with Crippen LogP contribution in [0.3, 0.4) is 0 Å². The zero-order valence-electron chi connectivity index (χ0n) is 10.6. The fraction of sp³-hybridized carbons (Fsp3) is 0.417. The highest BCUT2D eigenvalue weighted by atomic mass is 79.9. The molecule has 1 aromatic carbocycles. The van der Waals surface area contributed by atoms with E-state index in [1.807, 2.05) is 0 Å². The van der Waals surface area contributed by atoms with E-state index in [1.165, 1.54) is 7.11 Å². The van der Waals surface area contributed by atoms with Crippen molar-refractivity contribution in [3.63, 3.8) is 0 Å². The first-order chi connectivity index (χ1) is 9.32. The number of hydrogen-bond acceptors (Lipinski definition) is 5. The number of carbonyl (C=O) groups excluding carboxylic acids is 1. The Bertz CT molecular complexity index is 634. The molecule has 0 bridgehead atoms. The molecule has 5 nitrogen and oxygen atoms in total. The summed E-state index contributed by atoms with van der Waals surface area (Å²) in [5.74, 6) is -0.946. The van der Waals surface area contributed by atoms with Gasteiger partial charge >= 0.3 is 5.97 Å². The Labute approximate surface area is 130 Å². The molecule has 0 saturated carbocycles. The van der Waals surface area contributed by atoms with Crippen molar-refractivity contribution in [1.29, 1.82) is 0 Å². The molecule has 20 heavy (non-hydrogen) atoms. The van der Waals surface area contributed by atoms with Crippen molar-refractivity contribution in [3.05, 3.63) is 33.3 Å². The lowest BCUT2D eigenvalue weighted by molar-refractivity contribution is -0.142. The van der Waals surface area contributed by atoms with Gasteiger partial charge in [-0.3, -0.25) is 10.1 Å². The highest BCUT2D eigenvalue weighted by molar-refractivity contribution is 9.10. The third-order valence-corrected chi connectivity index (χ3v) is 5.57. The number of esters is 1. The van der Waals surface area contributed by atoms with Crippen molar-refractivity contribution in [1.82, 2.24) is 5.32 Å². The number of halogens is 2. The predicted molar refractivity (Wildman–Crippen MR) is 79.5 cm³/mol. The quantitative estimate of drug-likeness (QED) is 0.788. The Morgan fingerprint density at radius 3 is 2.75 bits per heavy atom. The Morgan fingerprint density at radius 1 is 1.45 bits per heavy atom. The van der Waals surface area contributed by atoms with Crippen LogP contribution in [-0.2, 0) is 19.4 Å². The average molecular weight is 383 g/mol. The number of methoxy groups -OCH3 is 1. The lowest BCUT2D eigenvalue weighted by Crippen LogP contribution is -2.51. The molecule has 1 N–H and O–H groups in total. The Hall–Kier alpha value is -0.630. The van der Waals surface area contributed by atoms with Crippen LogP contribution >= 0.6 is 27.5 Å². The van der Waals surface area contributed by atoms with E-state index in [-0.39, 0.29) is 11.5 Å². The standard InChI is InChI=1S/C12H13BrClNO4S/c1-19-12(16)11-6-20(17,18)5-10(15-11)8-3-2-7(13)4-9(8)14/h2-4,10-11,15H,5-6H2,1H3. The third kappa shape index (κ3) is 3.52. The van der Waals surface area contributed by atoms with Gasteiger partial charge in [0.2, 0.25) is 0 Å². The molecule has 1 saturated heterocycles. The minimum absolute atomic E-state index is 0.0954. The summed E-state index contributed by atoms with van der Waals surface area (Å²) >= 11 is 9.43. The second kappa shape index (κ2) is 6.01. The Balaban J connectivity index is 2.33. The van der Waals surface area contributed by atoms with E-state index in [4.69, 9.17) is 11.6 Å². The first-order valence-electron chi connectivity index (χ1n) is 5.81. The number of rotatable bonds is 2. The highest BCUT2D eigenvalue weighted by Crippen LogP contribution is 2.29. The molecule has 1 fully saturated rings. The van der Waals surface area contributed by atoms with Crippen LogP contribution in [-0.4, -0.2) is 39.0 Å². The topological polar surface area (TPSA) is 72.5 Å². The zero-order valence-corrected chi connectivity index (χ0v) is 13.8. The fourth-order valence-electron chi connectivity index (χ4n) is 2.16. The summed E-state index contributed by atoms with van der Waals surface area (Å²) in [6, 6.07) is 3.80. The van der Waals surface area contributed by atoms with Gasteiger partial charge in [-0.2, -0.15) is 0 Å². The third-order valence-electron chi connectivity index (χ3n) is 3.07. The van der Waals surface area contributed by atoms with E-state index in [1.54, 1.807) is 18.2 Å². The molecule has 8 heteroatoms. The minimum atomic E-state index is -3.34. The molecule has 1 heterocycles. The maximum absolute atomic E-state index is 11.9. The molecule has 0 aromatic heterocycles. The first-order valence-corrected chi connectivity index (χ1v) is 8.81. The van der Waals surface area contributed by atoms with Crippen molar-refractivity contribution in [2.75, 3.05) is 18.6 Å². The van der Waals surface area contributed by atoms with Gasteiger partial charge in [-0.25, -0.2) is 8.42 Å². The van der Waals surface area contributed by atoms with Crippen LogP contribution in [0.1, 0.15) is 11.6 Å². The number of sulfone groups is 1. The van der Waals surface area contributed by atoms with Crippen LogP contribution in [0.5, 0.6) is 0 Å². The molecule has 110 valence electrons. The predicted octanol–water partition coefficient (Wildman–Crippen LogP) is 1.70. The van der Waals surface area contributed by atoms with Crippen LogP contribution in [0, 0.1) is 0 Å². The molecule has 2 atom stereocenters. The molecule has 1 aliphatic heterocycles. The van der Waals surface area contributed by atoms with Gasteiger partial charge in [0.1, 0.15) is 6.04 Å². The molecular weight excluding hydrogens is 370 g/mol. The summed E-state index contributed by atoms with van der Waals surface area (Å²) in [4.78, 5) is 11.6. The molecule has 0 radical (unpaired) electrons. The van der Waals surface area contributed by atoms with Crippen molar-refractivity contribution >= 4 is 43.3 Å². The number of nitrogens with one attached hydrogen (secondary N) is 1. The number of benzene rings is 1. The van der Waals surface area contributed by atoms with Crippen molar-refractivity contribution < 1.29 is 17.9 Å². The Kier molecular flexibility index (Phi) is 4.73. The van der Waals surface area contributed by atoms with E-state index in [9.17, 15) is 13.2 Å². The normalized spacial score (nSPS) is 25.1. The van der Waals surface area contributed by atoms with Gasteiger partial charge in [-0.15, -0.1) is 0 Å². The second-order valence-corrected chi connectivity index (χ2v) is 8.01. The van der Waals surface area contributed by atoms with Crippen LogP contribution in [0.25, 0.3) is 0 Å². The fourth-order valence-corrected chi connectivity index (χ4v) is 4.62. The molecule has 1 aromatic rings. The van der Waals surface area contributed by atoms with Crippen molar-refractivity contribution in [2.45, 2.75) is 12.1 Å².